The number of aliphatic carboxylic acids is 1. The van der Waals surface area contributed by atoms with Crippen molar-refractivity contribution >= 4 is 12.0 Å². The van der Waals surface area contributed by atoms with Crippen LogP contribution in [-0.4, -0.2) is 47.7 Å². The molecule has 1 atom stereocenters. The third-order valence-corrected chi connectivity index (χ3v) is 3.90. The van der Waals surface area contributed by atoms with Crippen LogP contribution >= 0.6 is 0 Å². The molecular weight excluding hydrogens is 272 g/mol. The molecule has 0 aromatic heterocycles. The lowest BCUT2D eigenvalue weighted by Crippen LogP contribution is -2.55. The molecule has 1 unspecified atom stereocenters. The number of amides is 2. The van der Waals surface area contributed by atoms with E-state index in [9.17, 15) is 9.59 Å². The molecule has 2 aliphatic heterocycles. The number of urea groups is 1. The molecule has 1 aromatic rings. The maximum absolute atomic E-state index is 11.9. The molecule has 0 saturated carbocycles. The molecule has 6 heteroatoms. The molecule has 1 fully saturated rings. The number of likely N-dealkylation sites (tertiary alicyclic amines) is 1. The molecule has 112 valence electrons. The summed E-state index contributed by atoms with van der Waals surface area (Å²) >= 11 is 0. The molecule has 2 amide bonds. The smallest absolute Gasteiger partial charge is 0.317 e. The Hall–Kier alpha value is -2.24. The summed E-state index contributed by atoms with van der Waals surface area (Å²) in [6.45, 7) is 1.50. The quantitative estimate of drug-likeness (QED) is 0.870. The van der Waals surface area contributed by atoms with Crippen LogP contribution in [0.25, 0.3) is 0 Å². The van der Waals surface area contributed by atoms with Crippen LogP contribution in [0.5, 0.6) is 5.75 Å². The molecule has 1 saturated heterocycles. The number of carboxylic acids is 1. The van der Waals surface area contributed by atoms with E-state index in [1.54, 1.807) is 4.90 Å². The fourth-order valence-electron chi connectivity index (χ4n) is 2.79. The Kier molecular flexibility index (Phi) is 3.68. The number of para-hydroxylation sites is 1. The highest BCUT2D eigenvalue weighted by Crippen LogP contribution is 2.27. The van der Waals surface area contributed by atoms with Gasteiger partial charge in [-0.15, -0.1) is 0 Å². The SMILES string of the molecule is O=C(O)CC1CN(C(=O)NCC2Cc3ccccc3O2)C1. The third kappa shape index (κ3) is 3.09. The van der Waals surface area contributed by atoms with E-state index in [2.05, 4.69) is 5.32 Å². The normalized spacial score (nSPS) is 20.4. The summed E-state index contributed by atoms with van der Waals surface area (Å²) in [5, 5.41) is 11.5. The Bertz CT molecular complexity index is 529. The number of ether oxygens (including phenoxy) is 1. The lowest BCUT2D eigenvalue weighted by atomic mass is 9.97. The summed E-state index contributed by atoms with van der Waals surface area (Å²) in [7, 11) is 0. The first kappa shape index (κ1) is 13.7. The van der Waals surface area contributed by atoms with E-state index in [-0.39, 0.29) is 24.5 Å². The van der Waals surface area contributed by atoms with Crippen molar-refractivity contribution in [3.05, 3.63) is 29.8 Å². The van der Waals surface area contributed by atoms with Gasteiger partial charge in [-0.2, -0.15) is 0 Å². The Morgan fingerprint density at radius 3 is 2.81 bits per heavy atom. The van der Waals surface area contributed by atoms with E-state index in [0.29, 0.717) is 19.6 Å². The molecular formula is C15H18N2O4. The molecule has 0 spiro atoms. The standard InChI is InChI=1S/C15H18N2O4/c18-14(19)5-10-8-17(9-10)15(20)16-7-12-6-11-3-1-2-4-13(11)21-12/h1-4,10,12H,5-9H2,(H,16,20)(H,18,19). The van der Waals surface area contributed by atoms with Crippen LogP contribution in [0.15, 0.2) is 24.3 Å². The summed E-state index contributed by atoms with van der Waals surface area (Å²) in [4.78, 5) is 24.1. The molecule has 0 radical (unpaired) electrons. The number of hydrogen-bond acceptors (Lipinski definition) is 3. The van der Waals surface area contributed by atoms with E-state index in [1.165, 1.54) is 5.56 Å². The van der Waals surface area contributed by atoms with Crippen LogP contribution in [-0.2, 0) is 11.2 Å². The van der Waals surface area contributed by atoms with Crippen LogP contribution in [0, 0.1) is 5.92 Å². The molecule has 2 heterocycles. The second-order valence-corrected chi connectivity index (χ2v) is 5.61. The first-order valence-electron chi connectivity index (χ1n) is 7.11. The first-order chi connectivity index (χ1) is 10.1. The van der Waals surface area contributed by atoms with Gasteiger partial charge in [0.25, 0.3) is 0 Å². The van der Waals surface area contributed by atoms with Gasteiger partial charge in [-0.3, -0.25) is 4.79 Å². The third-order valence-electron chi connectivity index (χ3n) is 3.90. The second kappa shape index (κ2) is 5.63. The van der Waals surface area contributed by atoms with Crippen molar-refractivity contribution in [2.45, 2.75) is 18.9 Å². The number of nitrogens with one attached hydrogen (secondary N) is 1. The number of hydrogen-bond donors (Lipinski definition) is 2. The van der Waals surface area contributed by atoms with Gasteiger partial charge < -0.3 is 20.1 Å². The maximum Gasteiger partial charge on any atom is 0.317 e. The Morgan fingerprint density at radius 1 is 1.33 bits per heavy atom. The lowest BCUT2D eigenvalue weighted by Gasteiger charge is -2.38. The monoisotopic (exact) mass is 290 g/mol. The molecule has 0 aliphatic carbocycles. The van der Waals surface area contributed by atoms with Gasteiger partial charge in [0.1, 0.15) is 11.9 Å². The minimum absolute atomic E-state index is 0.0255. The zero-order valence-electron chi connectivity index (χ0n) is 11.6. The molecule has 6 nitrogen and oxygen atoms in total. The number of benzene rings is 1. The van der Waals surface area contributed by atoms with Gasteiger partial charge >= 0.3 is 12.0 Å². The topological polar surface area (TPSA) is 78.9 Å². The molecule has 1 aromatic carbocycles. The fraction of sp³-hybridized carbons (Fsp3) is 0.467. The Labute approximate surface area is 122 Å². The van der Waals surface area contributed by atoms with Crippen molar-refractivity contribution in [1.29, 1.82) is 0 Å². The van der Waals surface area contributed by atoms with Crippen LogP contribution in [0.1, 0.15) is 12.0 Å². The van der Waals surface area contributed by atoms with Gasteiger partial charge in [0.2, 0.25) is 0 Å². The molecule has 21 heavy (non-hydrogen) atoms. The zero-order valence-corrected chi connectivity index (χ0v) is 11.6. The van der Waals surface area contributed by atoms with E-state index in [1.807, 2.05) is 24.3 Å². The lowest BCUT2D eigenvalue weighted by molar-refractivity contribution is -0.139. The van der Waals surface area contributed by atoms with Crippen LogP contribution in [0.2, 0.25) is 0 Å². The van der Waals surface area contributed by atoms with E-state index < -0.39 is 5.97 Å². The van der Waals surface area contributed by atoms with Gasteiger partial charge in [0, 0.05) is 25.4 Å². The number of fused-ring (bicyclic) bond motifs is 1. The predicted octanol–water partition coefficient (Wildman–Crippen LogP) is 1.11. The molecule has 2 aliphatic rings. The van der Waals surface area contributed by atoms with Crippen molar-refractivity contribution < 1.29 is 19.4 Å². The number of nitrogens with zero attached hydrogens (tertiary/aromatic N) is 1. The fourth-order valence-corrected chi connectivity index (χ4v) is 2.79. The van der Waals surface area contributed by atoms with Crippen molar-refractivity contribution in [1.82, 2.24) is 10.2 Å². The van der Waals surface area contributed by atoms with Crippen molar-refractivity contribution in [3.8, 4) is 5.75 Å². The average molecular weight is 290 g/mol. The second-order valence-electron chi connectivity index (χ2n) is 5.61. The van der Waals surface area contributed by atoms with Gasteiger partial charge in [-0.25, -0.2) is 4.79 Å². The van der Waals surface area contributed by atoms with Crippen LogP contribution in [0.4, 0.5) is 4.79 Å². The number of carbonyl (C=O) groups excluding carboxylic acids is 1. The average Bonchev–Trinajstić information content (AvgIpc) is 2.82. The van der Waals surface area contributed by atoms with Gasteiger partial charge in [0.05, 0.1) is 13.0 Å². The van der Waals surface area contributed by atoms with Crippen molar-refractivity contribution in [2.75, 3.05) is 19.6 Å². The van der Waals surface area contributed by atoms with E-state index >= 15 is 0 Å². The van der Waals surface area contributed by atoms with Crippen molar-refractivity contribution in [2.24, 2.45) is 5.92 Å². The summed E-state index contributed by atoms with van der Waals surface area (Å²) in [5.41, 5.74) is 1.17. The summed E-state index contributed by atoms with van der Waals surface area (Å²) in [6, 6.07) is 7.73. The summed E-state index contributed by atoms with van der Waals surface area (Å²) in [6.07, 6.45) is 0.908. The Balaban J connectivity index is 1.39. The van der Waals surface area contributed by atoms with E-state index in [0.717, 1.165) is 12.2 Å². The first-order valence-corrected chi connectivity index (χ1v) is 7.11. The van der Waals surface area contributed by atoms with Gasteiger partial charge in [-0.1, -0.05) is 18.2 Å². The molecule has 2 N–H and O–H groups in total. The van der Waals surface area contributed by atoms with Gasteiger partial charge in [0.15, 0.2) is 0 Å². The zero-order chi connectivity index (χ0) is 14.8. The largest absolute Gasteiger partial charge is 0.488 e. The molecule has 0 bridgehead atoms. The minimum Gasteiger partial charge on any atom is -0.488 e. The molecule has 3 rings (SSSR count). The summed E-state index contributed by atoms with van der Waals surface area (Å²) in [5.74, 6) is 0.166. The number of carbonyl (C=O) groups is 2. The highest BCUT2D eigenvalue weighted by atomic mass is 16.5. The van der Waals surface area contributed by atoms with Crippen LogP contribution < -0.4 is 10.1 Å². The van der Waals surface area contributed by atoms with Crippen LogP contribution in [0.3, 0.4) is 0 Å². The van der Waals surface area contributed by atoms with E-state index in [4.69, 9.17) is 9.84 Å². The Morgan fingerprint density at radius 2 is 2.10 bits per heavy atom. The number of rotatable bonds is 4. The predicted molar refractivity (Wildman–Crippen MR) is 75.3 cm³/mol. The highest BCUT2D eigenvalue weighted by Gasteiger charge is 2.32. The van der Waals surface area contributed by atoms with Crippen molar-refractivity contribution in [3.63, 3.8) is 0 Å². The highest BCUT2D eigenvalue weighted by molar-refractivity contribution is 5.75. The van der Waals surface area contributed by atoms with Gasteiger partial charge in [-0.05, 0) is 11.6 Å². The minimum atomic E-state index is -0.808. The number of carboxylic acid groups (broad SMARTS) is 1. The maximum atomic E-state index is 11.9. The summed E-state index contributed by atoms with van der Waals surface area (Å²) < 4.78 is 5.75.